The summed E-state index contributed by atoms with van der Waals surface area (Å²) in [6.07, 6.45) is -4.88. The molecule has 3 rings (SSSR count). The van der Waals surface area contributed by atoms with Gasteiger partial charge in [0.25, 0.3) is 5.78 Å². The molecule has 0 aliphatic carbocycles. The summed E-state index contributed by atoms with van der Waals surface area (Å²) in [4.78, 5) is 39.1. The van der Waals surface area contributed by atoms with Crippen molar-refractivity contribution in [2.45, 2.75) is 50.9 Å². The molecule has 2 amide bonds. The number of Topliss-reactive ketones (excluding diaryl/α,β-unsaturated/α-hetero) is 1. The first-order valence-corrected chi connectivity index (χ1v) is 13.4. The van der Waals surface area contributed by atoms with E-state index >= 15 is 0 Å². The molecule has 10 heteroatoms. The van der Waals surface area contributed by atoms with Gasteiger partial charge < -0.3 is 10.6 Å². The summed E-state index contributed by atoms with van der Waals surface area (Å²) in [5.41, 5.74) is 2.12. The number of alkyl halides is 3. The van der Waals surface area contributed by atoms with Gasteiger partial charge in [-0.25, -0.2) is 0 Å². The Kier molecular flexibility index (Phi) is 10.8. The van der Waals surface area contributed by atoms with Crippen molar-refractivity contribution in [1.29, 1.82) is 0 Å². The monoisotopic (exact) mass is 592 g/mol. The quantitative estimate of drug-likeness (QED) is 0.273. The molecule has 0 radical (unpaired) electrons. The molecular weight excluding hydrogens is 564 g/mol. The lowest BCUT2D eigenvalue weighted by Gasteiger charge is -2.27. The molecule has 0 aliphatic rings. The van der Waals surface area contributed by atoms with Crippen molar-refractivity contribution >= 4 is 40.8 Å². The summed E-state index contributed by atoms with van der Waals surface area (Å²) >= 11 is 12.0. The molecule has 5 nitrogen and oxygen atoms in total. The first kappa shape index (κ1) is 31.2. The molecule has 0 heterocycles. The van der Waals surface area contributed by atoms with Crippen LogP contribution in [0, 0.1) is 5.92 Å². The summed E-state index contributed by atoms with van der Waals surface area (Å²) < 4.78 is 39.7. The van der Waals surface area contributed by atoms with Gasteiger partial charge in [-0.1, -0.05) is 91.6 Å². The van der Waals surface area contributed by atoms with Crippen molar-refractivity contribution in [3.8, 4) is 0 Å². The van der Waals surface area contributed by atoms with E-state index in [1.807, 2.05) is 30.3 Å². The predicted molar refractivity (Wildman–Crippen MR) is 149 cm³/mol. The zero-order valence-corrected chi connectivity index (χ0v) is 23.4. The Morgan fingerprint density at radius 1 is 0.725 bits per heavy atom. The normalized spacial score (nSPS) is 13.8. The maximum Gasteiger partial charge on any atom is 0.452 e. The molecule has 1 unspecified atom stereocenters. The van der Waals surface area contributed by atoms with Gasteiger partial charge in [-0.2, -0.15) is 13.2 Å². The summed E-state index contributed by atoms with van der Waals surface area (Å²) in [6.45, 7) is 2.80. The molecule has 212 valence electrons. The lowest BCUT2D eigenvalue weighted by atomic mass is 9.90. The number of amides is 2. The highest BCUT2D eigenvalue weighted by atomic mass is 35.5. The molecule has 0 saturated heterocycles. The number of rotatable bonds is 11. The van der Waals surface area contributed by atoms with Gasteiger partial charge in [-0.05, 0) is 53.3 Å². The van der Waals surface area contributed by atoms with E-state index in [1.165, 1.54) is 13.8 Å². The fourth-order valence-electron chi connectivity index (χ4n) is 4.21. The highest BCUT2D eigenvalue weighted by Crippen LogP contribution is 2.25. The number of nitrogens with one attached hydrogen (secondary N) is 2. The van der Waals surface area contributed by atoms with E-state index in [1.54, 1.807) is 48.5 Å². The zero-order valence-electron chi connectivity index (χ0n) is 21.8. The second kappa shape index (κ2) is 13.8. The van der Waals surface area contributed by atoms with Crippen LogP contribution in [0.3, 0.4) is 0 Å². The molecule has 0 aliphatic heterocycles. The first-order valence-electron chi connectivity index (χ1n) is 12.6. The van der Waals surface area contributed by atoms with Crippen molar-refractivity contribution < 1.29 is 27.6 Å². The van der Waals surface area contributed by atoms with Crippen LogP contribution in [0.1, 0.15) is 36.5 Å². The molecule has 3 atom stereocenters. The Hall–Kier alpha value is -3.36. The van der Waals surface area contributed by atoms with Crippen LogP contribution in [0.2, 0.25) is 10.0 Å². The number of benzene rings is 3. The molecule has 0 bridgehead atoms. The highest BCUT2D eigenvalue weighted by Gasteiger charge is 2.45. The number of hydrogen-bond donors (Lipinski definition) is 2. The minimum atomic E-state index is -5.13. The summed E-state index contributed by atoms with van der Waals surface area (Å²) in [6, 6.07) is 19.4. The molecule has 0 saturated carbocycles. The van der Waals surface area contributed by atoms with Gasteiger partial charge in [-0.3, -0.25) is 14.4 Å². The lowest BCUT2D eigenvalue weighted by molar-refractivity contribution is -0.175. The predicted octanol–water partition coefficient (Wildman–Crippen LogP) is 6.32. The van der Waals surface area contributed by atoms with E-state index in [0.29, 0.717) is 27.6 Å². The second-order valence-corrected chi connectivity index (χ2v) is 10.7. The third kappa shape index (κ3) is 8.83. The summed E-state index contributed by atoms with van der Waals surface area (Å²) in [5.74, 6) is -5.06. The SMILES string of the molecule is CC(C)[C@H](NC(=O)[C@H](Cc1ccc(Cl)cc1)NC(=O)C(Cc1ccccc1)c1ccc(Cl)cc1)C(=O)C(F)(F)F. The molecule has 0 spiro atoms. The minimum Gasteiger partial charge on any atom is -0.344 e. The third-order valence-corrected chi connectivity index (χ3v) is 6.89. The number of halogens is 5. The van der Waals surface area contributed by atoms with Crippen molar-refractivity contribution in [3.63, 3.8) is 0 Å². The van der Waals surface area contributed by atoms with Crippen molar-refractivity contribution in [3.05, 3.63) is 106 Å². The van der Waals surface area contributed by atoms with Gasteiger partial charge in [0.05, 0.1) is 12.0 Å². The van der Waals surface area contributed by atoms with E-state index in [9.17, 15) is 27.6 Å². The van der Waals surface area contributed by atoms with Crippen LogP contribution in [0.25, 0.3) is 0 Å². The Labute approximate surface area is 241 Å². The molecule has 0 aromatic heterocycles. The topological polar surface area (TPSA) is 75.3 Å². The molecule has 40 heavy (non-hydrogen) atoms. The van der Waals surface area contributed by atoms with Crippen LogP contribution < -0.4 is 10.6 Å². The molecule has 2 N–H and O–H groups in total. The highest BCUT2D eigenvalue weighted by molar-refractivity contribution is 6.30. The molecule has 3 aromatic carbocycles. The minimum absolute atomic E-state index is 0.0432. The van der Waals surface area contributed by atoms with Crippen molar-refractivity contribution in [2.24, 2.45) is 5.92 Å². The lowest BCUT2D eigenvalue weighted by Crippen LogP contribution is -2.56. The van der Waals surface area contributed by atoms with Gasteiger partial charge in [0.1, 0.15) is 6.04 Å². The number of carbonyl (C=O) groups excluding carboxylic acids is 3. The van der Waals surface area contributed by atoms with Crippen molar-refractivity contribution in [1.82, 2.24) is 10.6 Å². The van der Waals surface area contributed by atoms with Crippen molar-refractivity contribution in [2.75, 3.05) is 0 Å². The first-order chi connectivity index (χ1) is 18.8. The second-order valence-electron chi connectivity index (χ2n) is 9.78. The van der Waals surface area contributed by atoms with E-state index in [-0.39, 0.29) is 6.42 Å². The van der Waals surface area contributed by atoms with E-state index < -0.39 is 47.7 Å². The van der Waals surface area contributed by atoms with E-state index in [4.69, 9.17) is 23.2 Å². The van der Waals surface area contributed by atoms with E-state index in [0.717, 1.165) is 5.56 Å². The summed E-state index contributed by atoms with van der Waals surface area (Å²) in [7, 11) is 0. The van der Waals surface area contributed by atoms with Crippen LogP contribution in [0.15, 0.2) is 78.9 Å². The number of ketones is 1. The van der Waals surface area contributed by atoms with Gasteiger partial charge in [0.15, 0.2) is 0 Å². The largest absolute Gasteiger partial charge is 0.452 e. The van der Waals surface area contributed by atoms with Crippen LogP contribution in [0.4, 0.5) is 13.2 Å². The molecular formula is C30H29Cl2F3N2O3. The van der Waals surface area contributed by atoms with Gasteiger partial charge in [0, 0.05) is 16.5 Å². The number of carbonyl (C=O) groups is 3. The zero-order chi connectivity index (χ0) is 29.4. The van der Waals surface area contributed by atoms with Crippen LogP contribution in [-0.4, -0.2) is 35.9 Å². The van der Waals surface area contributed by atoms with Crippen LogP contribution in [0.5, 0.6) is 0 Å². The average Bonchev–Trinajstić information content (AvgIpc) is 2.91. The Morgan fingerprint density at radius 2 is 1.25 bits per heavy atom. The van der Waals surface area contributed by atoms with Gasteiger partial charge >= 0.3 is 6.18 Å². The smallest absolute Gasteiger partial charge is 0.344 e. The fourth-order valence-corrected chi connectivity index (χ4v) is 4.46. The Balaban J connectivity index is 1.93. The molecule has 0 fully saturated rings. The Bertz CT molecular complexity index is 1300. The maximum absolute atomic E-state index is 13.7. The van der Waals surface area contributed by atoms with Crippen LogP contribution in [-0.2, 0) is 27.2 Å². The standard InChI is InChI=1S/C30H29Cl2F3N2O3/c1-18(2)26(27(38)30(33,34)35)37-29(40)25(17-20-8-12-22(31)13-9-20)36-28(39)24(16-19-6-4-3-5-7-19)21-10-14-23(32)15-11-21/h3-15,18,24-26H,16-17H2,1-2H3,(H,36,39)(H,37,40)/t24?,25-,26-/m0/s1. The van der Waals surface area contributed by atoms with E-state index in [2.05, 4.69) is 10.6 Å². The maximum atomic E-state index is 13.7. The summed E-state index contributed by atoms with van der Waals surface area (Å²) in [5, 5.41) is 5.89. The van der Waals surface area contributed by atoms with Crippen LogP contribution >= 0.6 is 23.2 Å². The molecule has 3 aromatic rings. The number of hydrogen-bond acceptors (Lipinski definition) is 3. The Morgan fingerprint density at radius 3 is 1.77 bits per heavy atom. The average molecular weight is 593 g/mol. The van der Waals surface area contributed by atoms with Gasteiger partial charge in [-0.15, -0.1) is 0 Å². The van der Waals surface area contributed by atoms with Gasteiger partial charge in [0.2, 0.25) is 11.8 Å². The fraction of sp³-hybridized carbons (Fsp3) is 0.300. The third-order valence-electron chi connectivity index (χ3n) is 6.38.